The van der Waals surface area contributed by atoms with Gasteiger partial charge in [-0.1, -0.05) is 60.1 Å². The zero-order chi connectivity index (χ0) is 11.4. The van der Waals surface area contributed by atoms with E-state index < -0.39 is 0 Å². The first-order valence-electron chi connectivity index (χ1n) is 5.31. The Bertz CT molecular complexity index is 453. The first kappa shape index (κ1) is 11.2. The van der Waals surface area contributed by atoms with Crippen LogP contribution in [0.1, 0.15) is 17.2 Å². The van der Waals surface area contributed by atoms with Crippen LogP contribution in [0, 0.1) is 0 Å². The molecular weight excluding hydrogens is 218 g/mol. The number of nitrogens with two attached hydrogens (primary N) is 1. The maximum atomic E-state index is 6.14. The predicted octanol–water partition coefficient (Wildman–Crippen LogP) is 3.58. The molecule has 0 aromatic heterocycles. The Balaban J connectivity index is 2.14. The molecule has 0 amide bonds. The van der Waals surface area contributed by atoms with Gasteiger partial charge >= 0.3 is 0 Å². The van der Waals surface area contributed by atoms with Crippen LogP contribution in [-0.2, 0) is 6.42 Å². The fourth-order valence-corrected chi connectivity index (χ4v) is 1.93. The Morgan fingerprint density at radius 2 is 1.56 bits per heavy atom. The van der Waals surface area contributed by atoms with Gasteiger partial charge in [0, 0.05) is 11.1 Å². The van der Waals surface area contributed by atoms with Crippen LogP contribution >= 0.6 is 11.6 Å². The molecule has 2 aromatic rings. The van der Waals surface area contributed by atoms with Crippen molar-refractivity contribution in [2.75, 3.05) is 0 Å². The maximum Gasteiger partial charge on any atom is 0.0438 e. The van der Waals surface area contributed by atoms with Gasteiger partial charge in [-0.15, -0.1) is 0 Å². The van der Waals surface area contributed by atoms with Gasteiger partial charge in [0.15, 0.2) is 0 Å². The number of benzene rings is 2. The van der Waals surface area contributed by atoms with Crippen molar-refractivity contribution >= 4 is 11.6 Å². The average Bonchev–Trinajstić information content (AvgIpc) is 2.33. The molecule has 0 bridgehead atoms. The van der Waals surface area contributed by atoms with E-state index in [9.17, 15) is 0 Å². The summed E-state index contributed by atoms with van der Waals surface area (Å²) in [5.74, 6) is 0. The topological polar surface area (TPSA) is 26.0 Å². The Hall–Kier alpha value is -1.31. The molecule has 0 saturated heterocycles. The monoisotopic (exact) mass is 231 g/mol. The third-order valence-corrected chi connectivity index (χ3v) is 2.99. The lowest BCUT2D eigenvalue weighted by Gasteiger charge is -2.12. The zero-order valence-corrected chi connectivity index (χ0v) is 9.69. The first-order valence-corrected chi connectivity index (χ1v) is 5.69. The van der Waals surface area contributed by atoms with Gasteiger partial charge in [-0.3, -0.25) is 0 Å². The standard InChI is InChI=1S/C14H14ClN/c15-13-9-5-4-8-12(13)10-14(16)11-6-2-1-3-7-11/h1-9,14H,10,16H2/t14-/m1/s1. The summed E-state index contributed by atoms with van der Waals surface area (Å²) in [7, 11) is 0. The highest BCUT2D eigenvalue weighted by molar-refractivity contribution is 6.31. The van der Waals surface area contributed by atoms with Crippen molar-refractivity contribution in [1.29, 1.82) is 0 Å². The van der Waals surface area contributed by atoms with Crippen LogP contribution in [0.2, 0.25) is 5.02 Å². The third kappa shape index (κ3) is 2.63. The fraction of sp³-hybridized carbons (Fsp3) is 0.143. The van der Waals surface area contributed by atoms with Gasteiger partial charge in [0.1, 0.15) is 0 Å². The SMILES string of the molecule is N[C@H](Cc1ccccc1Cl)c1ccccc1. The molecule has 2 N–H and O–H groups in total. The van der Waals surface area contributed by atoms with Gasteiger partial charge in [0.2, 0.25) is 0 Å². The molecule has 0 fully saturated rings. The molecule has 1 nitrogen and oxygen atoms in total. The number of hydrogen-bond acceptors (Lipinski definition) is 1. The van der Waals surface area contributed by atoms with Gasteiger partial charge in [0.25, 0.3) is 0 Å². The Kier molecular flexibility index (Phi) is 3.60. The predicted molar refractivity (Wildman–Crippen MR) is 68.5 cm³/mol. The molecule has 2 aromatic carbocycles. The summed E-state index contributed by atoms with van der Waals surface area (Å²) in [6, 6.07) is 17.9. The van der Waals surface area contributed by atoms with Crippen molar-refractivity contribution in [2.24, 2.45) is 5.73 Å². The molecule has 0 aliphatic heterocycles. The highest BCUT2D eigenvalue weighted by Crippen LogP contribution is 2.21. The minimum Gasteiger partial charge on any atom is -0.324 e. The molecule has 16 heavy (non-hydrogen) atoms. The molecule has 82 valence electrons. The molecule has 0 aliphatic rings. The van der Waals surface area contributed by atoms with E-state index in [0.717, 1.165) is 22.6 Å². The van der Waals surface area contributed by atoms with Crippen molar-refractivity contribution in [1.82, 2.24) is 0 Å². The van der Waals surface area contributed by atoms with Crippen LogP contribution in [0.15, 0.2) is 54.6 Å². The number of halogens is 1. The van der Waals surface area contributed by atoms with Crippen molar-refractivity contribution in [3.63, 3.8) is 0 Å². The minimum absolute atomic E-state index is 0.00102. The summed E-state index contributed by atoms with van der Waals surface area (Å²) < 4.78 is 0. The summed E-state index contributed by atoms with van der Waals surface area (Å²) in [5, 5.41) is 0.786. The highest BCUT2D eigenvalue weighted by Gasteiger charge is 2.08. The van der Waals surface area contributed by atoms with Crippen LogP contribution < -0.4 is 5.73 Å². The Labute approximate surface area is 101 Å². The van der Waals surface area contributed by atoms with Crippen molar-refractivity contribution in [3.8, 4) is 0 Å². The number of rotatable bonds is 3. The smallest absolute Gasteiger partial charge is 0.0438 e. The lowest BCUT2D eigenvalue weighted by atomic mass is 10.00. The van der Waals surface area contributed by atoms with E-state index in [1.54, 1.807) is 0 Å². The van der Waals surface area contributed by atoms with E-state index in [-0.39, 0.29) is 6.04 Å². The van der Waals surface area contributed by atoms with E-state index >= 15 is 0 Å². The van der Waals surface area contributed by atoms with Crippen LogP contribution in [0.5, 0.6) is 0 Å². The van der Waals surface area contributed by atoms with Crippen LogP contribution in [0.3, 0.4) is 0 Å². The first-order chi connectivity index (χ1) is 7.77. The zero-order valence-electron chi connectivity index (χ0n) is 8.94. The molecule has 0 saturated carbocycles. The second-order valence-electron chi connectivity index (χ2n) is 3.81. The number of hydrogen-bond donors (Lipinski definition) is 1. The lowest BCUT2D eigenvalue weighted by Crippen LogP contribution is -2.13. The largest absolute Gasteiger partial charge is 0.324 e. The van der Waals surface area contributed by atoms with E-state index in [2.05, 4.69) is 0 Å². The summed E-state index contributed by atoms with van der Waals surface area (Å²) >= 11 is 6.10. The second-order valence-corrected chi connectivity index (χ2v) is 4.22. The molecule has 1 atom stereocenters. The normalized spacial score (nSPS) is 12.4. The van der Waals surface area contributed by atoms with Gasteiger partial charge in [-0.25, -0.2) is 0 Å². The molecule has 2 heteroatoms. The summed E-state index contributed by atoms with van der Waals surface area (Å²) in [6.07, 6.45) is 0.768. The van der Waals surface area contributed by atoms with Crippen LogP contribution in [-0.4, -0.2) is 0 Å². The molecular formula is C14H14ClN. The van der Waals surface area contributed by atoms with E-state index in [4.69, 9.17) is 17.3 Å². The van der Waals surface area contributed by atoms with E-state index in [0.29, 0.717) is 0 Å². The Morgan fingerprint density at radius 3 is 2.25 bits per heavy atom. The van der Waals surface area contributed by atoms with E-state index in [1.165, 1.54) is 0 Å². The maximum absolute atomic E-state index is 6.14. The molecule has 0 radical (unpaired) electrons. The summed E-state index contributed by atoms with van der Waals surface area (Å²) in [6.45, 7) is 0. The van der Waals surface area contributed by atoms with Gasteiger partial charge in [-0.05, 0) is 23.6 Å². The van der Waals surface area contributed by atoms with E-state index in [1.807, 2.05) is 54.6 Å². The quantitative estimate of drug-likeness (QED) is 0.859. The van der Waals surface area contributed by atoms with Crippen LogP contribution in [0.25, 0.3) is 0 Å². The van der Waals surface area contributed by atoms with Crippen LogP contribution in [0.4, 0.5) is 0 Å². The molecule has 0 heterocycles. The fourth-order valence-electron chi connectivity index (χ4n) is 1.72. The minimum atomic E-state index is 0.00102. The Morgan fingerprint density at radius 1 is 0.938 bits per heavy atom. The van der Waals surface area contributed by atoms with Gasteiger partial charge in [-0.2, -0.15) is 0 Å². The molecule has 2 rings (SSSR count). The molecule has 0 spiro atoms. The van der Waals surface area contributed by atoms with Gasteiger partial charge in [0.05, 0.1) is 0 Å². The van der Waals surface area contributed by atoms with Crippen molar-refractivity contribution in [2.45, 2.75) is 12.5 Å². The molecule has 0 aliphatic carbocycles. The lowest BCUT2D eigenvalue weighted by molar-refractivity contribution is 0.722. The highest BCUT2D eigenvalue weighted by atomic mass is 35.5. The summed E-state index contributed by atoms with van der Waals surface area (Å²) in [5.41, 5.74) is 8.38. The average molecular weight is 232 g/mol. The van der Waals surface area contributed by atoms with Crippen molar-refractivity contribution < 1.29 is 0 Å². The molecule has 0 unspecified atom stereocenters. The third-order valence-electron chi connectivity index (χ3n) is 2.63. The summed E-state index contributed by atoms with van der Waals surface area (Å²) in [4.78, 5) is 0. The van der Waals surface area contributed by atoms with Gasteiger partial charge < -0.3 is 5.73 Å². The van der Waals surface area contributed by atoms with Crippen molar-refractivity contribution in [3.05, 3.63) is 70.7 Å². The second kappa shape index (κ2) is 5.15.